The number of aliphatic hydroxyl groups excluding tert-OH is 2. The molecule has 110 valence electrons. The zero-order valence-corrected chi connectivity index (χ0v) is 12.7. The van der Waals surface area contributed by atoms with E-state index in [0.717, 1.165) is 16.0 Å². The third kappa shape index (κ3) is 5.05. The molecule has 0 aliphatic heterocycles. The molecule has 21 heavy (non-hydrogen) atoms. The summed E-state index contributed by atoms with van der Waals surface area (Å²) >= 11 is 1.64. The van der Waals surface area contributed by atoms with Gasteiger partial charge >= 0.3 is 0 Å². The molecule has 0 unspecified atom stereocenters. The first-order valence-electron chi connectivity index (χ1n) is 6.93. The van der Waals surface area contributed by atoms with Crippen LogP contribution in [0.4, 0.5) is 0 Å². The van der Waals surface area contributed by atoms with Crippen LogP contribution in [0, 0.1) is 0 Å². The van der Waals surface area contributed by atoms with Gasteiger partial charge in [0.05, 0.1) is 12.2 Å². The quantitative estimate of drug-likeness (QED) is 0.603. The monoisotopic (exact) mass is 300 g/mol. The van der Waals surface area contributed by atoms with E-state index in [1.165, 1.54) is 0 Å². The fourth-order valence-electron chi connectivity index (χ4n) is 1.98. The summed E-state index contributed by atoms with van der Waals surface area (Å²) in [5.74, 6) is 0.646. The first-order chi connectivity index (χ1) is 10.2. The predicted molar refractivity (Wildman–Crippen MR) is 88.3 cm³/mol. The van der Waals surface area contributed by atoms with Crippen molar-refractivity contribution in [2.24, 2.45) is 0 Å². The number of rotatable bonds is 7. The molecular weight excluding hydrogens is 280 g/mol. The molecule has 2 nitrogen and oxygen atoms in total. The van der Waals surface area contributed by atoms with E-state index < -0.39 is 12.2 Å². The Balaban J connectivity index is 1.82. The zero-order valence-electron chi connectivity index (χ0n) is 11.9. The van der Waals surface area contributed by atoms with Gasteiger partial charge in [-0.1, -0.05) is 55.1 Å². The highest BCUT2D eigenvalue weighted by Crippen LogP contribution is 2.25. The molecule has 2 rings (SSSR count). The first-order valence-corrected chi connectivity index (χ1v) is 7.92. The van der Waals surface area contributed by atoms with Crippen molar-refractivity contribution in [3.63, 3.8) is 0 Å². The minimum Gasteiger partial charge on any atom is -0.389 e. The summed E-state index contributed by atoms with van der Waals surface area (Å²) < 4.78 is 0. The Hall–Kier alpha value is -1.55. The van der Waals surface area contributed by atoms with Crippen LogP contribution in [0.2, 0.25) is 0 Å². The first kappa shape index (κ1) is 15.8. The molecule has 3 heteroatoms. The largest absolute Gasteiger partial charge is 0.389 e. The lowest BCUT2D eigenvalue weighted by atomic mass is 10.0. The molecule has 0 bridgehead atoms. The lowest BCUT2D eigenvalue weighted by Crippen LogP contribution is -2.15. The summed E-state index contributed by atoms with van der Waals surface area (Å²) in [6.07, 6.45) is -1.09. The van der Waals surface area contributed by atoms with Crippen molar-refractivity contribution in [2.75, 3.05) is 5.75 Å². The minimum absolute atomic E-state index is 0.276. The Labute approximate surface area is 130 Å². The number of hydrogen-bond donors (Lipinski definition) is 2. The normalized spacial score (nSPS) is 13.6. The van der Waals surface area contributed by atoms with Gasteiger partial charge in [0.2, 0.25) is 0 Å². The third-order valence-electron chi connectivity index (χ3n) is 3.27. The summed E-state index contributed by atoms with van der Waals surface area (Å²) in [6, 6.07) is 19.4. The fourth-order valence-corrected chi connectivity index (χ4v) is 2.87. The van der Waals surface area contributed by atoms with Crippen molar-refractivity contribution in [3.8, 4) is 0 Å². The molecule has 0 saturated heterocycles. The van der Waals surface area contributed by atoms with Crippen LogP contribution in [-0.2, 0) is 0 Å². The van der Waals surface area contributed by atoms with Crippen LogP contribution >= 0.6 is 11.8 Å². The molecule has 0 radical (unpaired) electrons. The second kappa shape index (κ2) is 8.03. The fraction of sp³-hybridized carbons (Fsp3) is 0.222. The summed E-state index contributed by atoms with van der Waals surface area (Å²) in [4.78, 5) is 1.15. The zero-order chi connectivity index (χ0) is 15.1. The van der Waals surface area contributed by atoms with E-state index in [-0.39, 0.29) is 6.42 Å². The van der Waals surface area contributed by atoms with Crippen molar-refractivity contribution in [1.29, 1.82) is 0 Å². The van der Waals surface area contributed by atoms with Gasteiger partial charge in [0.1, 0.15) is 0 Å². The van der Waals surface area contributed by atoms with Crippen LogP contribution in [0.1, 0.15) is 18.1 Å². The van der Waals surface area contributed by atoms with Gasteiger partial charge in [-0.3, -0.25) is 0 Å². The van der Waals surface area contributed by atoms with Crippen LogP contribution in [0.25, 0.3) is 0 Å². The molecule has 2 aromatic rings. The van der Waals surface area contributed by atoms with E-state index >= 15 is 0 Å². The van der Waals surface area contributed by atoms with Gasteiger partial charge < -0.3 is 10.2 Å². The van der Waals surface area contributed by atoms with Crippen molar-refractivity contribution >= 4 is 11.8 Å². The number of benzene rings is 2. The lowest BCUT2D eigenvalue weighted by molar-refractivity contribution is 0.0994. The van der Waals surface area contributed by atoms with Gasteiger partial charge in [-0.25, -0.2) is 0 Å². The molecule has 0 aliphatic rings. The van der Waals surface area contributed by atoms with Gasteiger partial charge in [-0.05, 0) is 23.3 Å². The summed E-state index contributed by atoms with van der Waals surface area (Å²) in [5.41, 5.74) is 1.55. The Morgan fingerprint density at radius 1 is 0.952 bits per heavy atom. The van der Waals surface area contributed by atoms with Gasteiger partial charge in [-0.2, -0.15) is 0 Å². The molecule has 0 aromatic heterocycles. The van der Waals surface area contributed by atoms with Gasteiger partial charge in [0, 0.05) is 17.1 Å². The van der Waals surface area contributed by atoms with E-state index in [2.05, 4.69) is 6.58 Å². The maximum absolute atomic E-state index is 10.2. The van der Waals surface area contributed by atoms with E-state index in [9.17, 15) is 10.2 Å². The average molecular weight is 300 g/mol. The molecule has 2 atom stereocenters. The molecule has 0 saturated carbocycles. The lowest BCUT2D eigenvalue weighted by Gasteiger charge is -2.18. The molecule has 0 amide bonds. The maximum Gasteiger partial charge on any atom is 0.0817 e. The third-order valence-corrected chi connectivity index (χ3v) is 4.39. The Morgan fingerprint density at radius 2 is 1.52 bits per heavy atom. The smallest absolute Gasteiger partial charge is 0.0817 e. The maximum atomic E-state index is 10.2. The van der Waals surface area contributed by atoms with Crippen LogP contribution in [0.3, 0.4) is 0 Å². The summed E-state index contributed by atoms with van der Waals surface area (Å²) in [7, 11) is 0. The molecular formula is C18H20O2S. The van der Waals surface area contributed by atoms with E-state index in [1.807, 2.05) is 60.7 Å². The number of aliphatic hydroxyl groups is 2. The van der Waals surface area contributed by atoms with E-state index in [0.29, 0.717) is 5.75 Å². The van der Waals surface area contributed by atoms with Crippen LogP contribution in [0.15, 0.2) is 77.7 Å². The van der Waals surface area contributed by atoms with Crippen LogP contribution in [0.5, 0.6) is 0 Å². The average Bonchev–Trinajstić information content (AvgIpc) is 2.54. The van der Waals surface area contributed by atoms with Crippen molar-refractivity contribution in [3.05, 3.63) is 78.4 Å². The molecule has 2 N–H and O–H groups in total. The van der Waals surface area contributed by atoms with Gasteiger partial charge in [-0.15, -0.1) is 11.8 Å². The van der Waals surface area contributed by atoms with Gasteiger partial charge in [0.25, 0.3) is 0 Å². The molecule has 0 aliphatic carbocycles. The minimum atomic E-state index is -0.698. The van der Waals surface area contributed by atoms with E-state index in [1.54, 1.807) is 11.8 Å². The highest BCUT2D eigenvalue weighted by Gasteiger charge is 2.16. The molecule has 0 fully saturated rings. The summed E-state index contributed by atoms with van der Waals surface area (Å²) in [5, 5.41) is 20.3. The van der Waals surface area contributed by atoms with Crippen LogP contribution < -0.4 is 0 Å². The van der Waals surface area contributed by atoms with Crippen molar-refractivity contribution in [1.82, 2.24) is 0 Å². The van der Waals surface area contributed by atoms with Crippen molar-refractivity contribution < 1.29 is 10.2 Å². The Bertz CT molecular complexity index is 554. The van der Waals surface area contributed by atoms with Crippen molar-refractivity contribution in [2.45, 2.75) is 23.5 Å². The SMILES string of the molecule is C=C(CSc1ccccc1)[C@@H](O)C[C@@H](O)c1ccccc1. The molecule has 2 aromatic carbocycles. The highest BCUT2D eigenvalue weighted by molar-refractivity contribution is 7.99. The van der Waals surface area contributed by atoms with Gasteiger partial charge in [0.15, 0.2) is 0 Å². The highest BCUT2D eigenvalue weighted by atomic mass is 32.2. The van der Waals surface area contributed by atoms with E-state index in [4.69, 9.17) is 0 Å². The second-order valence-electron chi connectivity index (χ2n) is 4.94. The topological polar surface area (TPSA) is 40.5 Å². The Morgan fingerprint density at radius 3 is 2.14 bits per heavy atom. The molecule has 0 spiro atoms. The predicted octanol–water partition coefficient (Wildman–Crippen LogP) is 3.82. The van der Waals surface area contributed by atoms with Crippen LogP contribution in [-0.4, -0.2) is 22.1 Å². The Kier molecular flexibility index (Phi) is 6.05. The number of hydrogen-bond acceptors (Lipinski definition) is 3. The molecule has 0 heterocycles. The summed E-state index contributed by atoms with van der Waals surface area (Å²) in [6.45, 7) is 3.93. The number of thioether (sulfide) groups is 1. The standard InChI is InChI=1S/C18H20O2S/c1-14(13-21-16-10-6-3-7-11-16)17(19)12-18(20)15-8-4-2-5-9-15/h2-11,17-20H,1,12-13H2/t17-,18+/m0/s1. The second-order valence-corrected chi connectivity index (χ2v) is 5.99.